The largest absolute Gasteiger partial charge is 0.309 e. The standard InChI is InChI=1S/C8H17N/c1-4-8(2,3)9-7-5-6-7/h7,9H,4-6H2,1-3H3. The molecule has 1 rings (SSSR count). The quantitative estimate of drug-likeness (QED) is 0.611. The Hall–Kier alpha value is -0.0400. The first kappa shape index (κ1) is 7.07. The van der Waals surface area contributed by atoms with E-state index in [1.165, 1.54) is 19.3 Å². The van der Waals surface area contributed by atoms with E-state index in [0.717, 1.165) is 6.04 Å². The van der Waals surface area contributed by atoms with Crippen LogP contribution in [0.1, 0.15) is 40.0 Å². The Kier molecular flexibility index (Phi) is 1.80. The number of hydrogen-bond acceptors (Lipinski definition) is 1. The van der Waals surface area contributed by atoms with Gasteiger partial charge in [-0.2, -0.15) is 0 Å². The van der Waals surface area contributed by atoms with Crippen molar-refractivity contribution < 1.29 is 0 Å². The molecule has 0 radical (unpaired) electrons. The van der Waals surface area contributed by atoms with E-state index in [2.05, 4.69) is 26.1 Å². The molecule has 1 aliphatic carbocycles. The first-order valence-corrected chi connectivity index (χ1v) is 3.92. The third-order valence-electron chi connectivity index (χ3n) is 2.06. The highest BCUT2D eigenvalue weighted by Gasteiger charge is 2.27. The lowest BCUT2D eigenvalue weighted by molar-refractivity contribution is 0.373. The first-order valence-electron chi connectivity index (χ1n) is 3.92. The van der Waals surface area contributed by atoms with Gasteiger partial charge in [-0.25, -0.2) is 0 Å². The highest BCUT2D eigenvalue weighted by atomic mass is 15.0. The molecule has 0 aromatic heterocycles. The highest BCUT2D eigenvalue weighted by molar-refractivity contribution is 4.88. The highest BCUT2D eigenvalue weighted by Crippen LogP contribution is 2.23. The average Bonchev–Trinajstić information content (AvgIpc) is 2.50. The molecule has 1 fully saturated rings. The van der Waals surface area contributed by atoms with Gasteiger partial charge in [0.25, 0.3) is 0 Å². The molecule has 0 bridgehead atoms. The van der Waals surface area contributed by atoms with Crippen LogP contribution >= 0.6 is 0 Å². The van der Waals surface area contributed by atoms with Gasteiger partial charge in [-0.3, -0.25) is 0 Å². The molecule has 0 aliphatic heterocycles. The second-order valence-corrected chi connectivity index (χ2v) is 3.66. The Balaban J connectivity index is 2.21. The maximum absolute atomic E-state index is 3.58. The van der Waals surface area contributed by atoms with Crippen molar-refractivity contribution in [3.05, 3.63) is 0 Å². The Morgan fingerprint density at radius 1 is 1.44 bits per heavy atom. The lowest BCUT2D eigenvalue weighted by Gasteiger charge is -2.24. The van der Waals surface area contributed by atoms with Gasteiger partial charge >= 0.3 is 0 Å². The van der Waals surface area contributed by atoms with Gasteiger partial charge in [0, 0.05) is 11.6 Å². The molecule has 0 amide bonds. The van der Waals surface area contributed by atoms with Crippen molar-refractivity contribution in [1.29, 1.82) is 0 Å². The summed E-state index contributed by atoms with van der Waals surface area (Å²) in [5.74, 6) is 0. The van der Waals surface area contributed by atoms with Gasteiger partial charge in [-0.1, -0.05) is 6.92 Å². The van der Waals surface area contributed by atoms with Gasteiger partial charge in [0.1, 0.15) is 0 Å². The summed E-state index contributed by atoms with van der Waals surface area (Å²) < 4.78 is 0. The predicted molar refractivity (Wildman–Crippen MR) is 40.5 cm³/mol. The first-order chi connectivity index (χ1) is 4.14. The zero-order valence-electron chi connectivity index (χ0n) is 6.70. The average molecular weight is 127 g/mol. The molecule has 1 aliphatic rings. The van der Waals surface area contributed by atoms with Crippen LogP contribution in [0.4, 0.5) is 0 Å². The van der Waals surface area contributed by atoms with Crippen molar-refractivity contribution >= 4 is 0 Å². The lowest BCUT2D eigenvalue weighted by atomic mass is 10.0. The SMILES string of the molecule is CCC(C)(C)NC1CC1. The van der Waals surface area contributed by atoms with Crippen LogP contribution < -0.4 is 5.32 Å². The molecule has 0 unspecified atom stereocenters. The fraction of sp³-hybridized carbons (Fsp3) is 1.00. The molecule has 1 saturated carbocycles. The Bertz CT molecular complexity index is 92.7. The van der Waals surface area contributed by atoms with Crippen molar-refractivity contribution in [2.24, 2.45) is 0 Å². The van der Waals surface area contributed by atoms with Crippen LogP contribution in [-0.2, 0) is 0 Å². The van der Waals surface area contributed by atoms with Crippen molar-refractivity contribution in [2.45, 2.75) is 51.6 Å². The number of nitrogens with one attached hydrogen (secondary N) is 1. The minimum absolute atomic E-state index is 0.376. The lowest BCUT2D eigenvalue weighted by Crippen LogP contribution is -2.39. The van der Waals surface area contributed by atoms with Gasteiger partial charge in [0.05, 0.1) is 0 Å². The Labute approximate surface area is 57.8 Å². The van der Waals surface area contributed by atoms with Crippen molar-refractivity contribution in [2.75, 3.05) is 0 Å². The topological polar surface area (TPSA) is 12.0 Å². The van der Waals surface area contributed by atoms with Gasteiger partial charge in [0.15, 0.2) is 0 Å². The van der Waals surface area contributed by atoms with Crippen molar-refractivity contribution in [3.8, 4) is 0 Å². The molecule has 0 spiro atoms. The Morgan fingerprint density at radius 3 is 2.33 bits per heavy atom. The van der Waals surface area contributed by atoms with Crippen molar-refractivity contribution in [1.82, 2.24) is 5.32 Å². The van der Waals surface area contributed by atoms with Crippen LogP contribution in [0.3, 0.4) is 0 Å². The van der Waals surface area contributed by atoms with Gasteiger partial charge in [-0.05, 0) is 33.1 Å². The normalized spacial score (nSPS) is 20.3. The predicted octanol–water partition coefficient (Wildman–Crippen LogP) is 1.93. The van der Waals surface area contributed by atoms with Gasteiger partial charge in [-0.15, -0.1) is 0 Å². The van der Waals surface area contributed by atoms with E-state index < -0.39 is 0 Å². The summed E-state index contributed by atoms with van der Waals surface area (Å²) in [5.41, 5.74) is 0.376. The summed E-state index contributed by atoms with van der Waals surface area (Å²) in [7, 11) is 0. The Morgan fingerprint density at radius 2 is 2.00 bits per heavy atom. The fourth-order valence-electron chi connectivity index (χ4n) is 0.882. The van der Waals surface area contributed by atoms with Crippen LogP contribution in [0, 0.1) is 0 Å². The van der Waals surface area contributed by atoms with E-state index >= 15 is 0 Å². The monoisotopic (exact) mass is 127 g/mol. The molecule has 9 heavy (non-hydrogen) atoms. The van der Waals surface area contributed by atoms with Crippen LogP contribution in [0.5, 0.6) is 0 Å². The summed E-state index contributed by atoms with van der Waals surface area (Å²) in [5, 5.41) is 3.58. The van der Waals surface area contributed by atoms with Crippen molar-refractivity contribution in [3.63, 3.8) is 0 Å². The van der Waals surface area contributed by atoms with E-state index in [4.69, 9.17) is 0 Å². The second-order valence-electron chi connectivity index (χ2n) is 3.66. The molecule has 1 nitrogen and oxygen atoms in total. The maximum atomic E-state index is 3.58. The molecule has 0 heterocycles. The van der Waals surface area contributed by atoms with Gasteiger partial charge in [0.2, 0.25) is 0 Å². The second kappa shape index (κ2) is 2.30. The van der Waals surface area contributed by atoms with E-state index in [-0.39, 0.29) is 0 Å². The molecule has 0 aromatic rings. The molecule has 0 saturated heterocycles. The molecular weight excluding hydrogens is 110 g/mol. The molecule has 0 aromatic carbocycles. The number of hydrogen-bond donors (Lipinski definition) is 1. The molecule has 1 N–H and O–H groups in total. The maximum Gasteiger partial charge on any atom is 0.0125 e. The fourth-order valence-corrected chi connectivity index (χ4v) is 0.882. The van der Waals surface area contributed by atoms with E-state index in [1.54, 1.807) is 0 Å². The zero-order valence-corrected chi connectivity index (χ0v) is 6.70. The minimum atomic E-state index is 0.376. The van der Waals surface area contributed by atoms with Crippen LogP contribution in [-0.4, -0.2) is 11.6 Å². The van der Waals surface area contributed by atoms with E-state index in [0.29, 0.717) is 5.54 Å². The van der Waals surface area contributed by atoms with E-state index in [9.17, 15) is 0 Å². The summed E-state index contributed by atoms with van der Waals surface area (Å²) in [6.07, 6.45) is 4.01. The summed E-state index contributed by atoms with van der Waals surface area (Å²) in [6, 6.07) is 0.847. The number of rotatable bonds is 3. The summed E-state index contributed by atoms with van der Waals surface area (Å²) in [4.78, 5) is 0. The van der Waals surface area contributed by atoms with E-state index in [1.807, 2.05) is 0 Å². The smallest absolute Gasteiger partial charge is 0.0125 e. The molecule has 54 valence electrons. The third-order valence-corrected chi connectivity index (χ3v) is 2.06. The minimum Gasteiger partial charge on any atom is -0.309 e. The third kappa shape index (κ3) is 2.35. The molecule has 1 heteroatoms. The molecular formula is C8H17N. The zero-order chi connectivity index (χ0) is 6.91. The molecule has 0 atom stereocenters. The summed E-state index contributed by atoms with van der Waals surface area (Å²) >= 11 is 0. The summed E-state index contributed by atoms with van der Waals surface area (Å²) in [6.45, 7) is 6.77. The van der Waals surface area contributed by atoms with Gasteiger partial charge < -0.3 is 5.32 Å². The van der Waals surface area contributed by atoms with Crippen LogP contribution in [0.2, 0.25) is 0 Å². The van der Waals surface area contributed by atoms with Crippen LogP contribution in [0.25, 0.3) is 0 Å². The van der Waals surface area contributed by atoms with Crippen LogP contribution in [0.15, 0.2) is 0 Å².